The molecule has 0 aliphatic heterocycles. The van der Waals surface area contributed by atoms with Gasteiger partial charge in [-0.25, -0.2) is 0 Å². The van der Waals surface area contributed by atoms with E-state index in [1.807, 2.05) is 0 Å². The fraction of sp³-hybridized carbons (Fsp3) is 0.678. The summed E-state index contributed by atoms with van der Waals surface area (Å²) in [6.07, 6.45) is 69.6. The van der Waals surface area contributed by atoms with E-state index in [1.165, 1.54) is 64.2 Å². The van der Waals surface area contributed by atoms with Crippen LogP contribution in [0.15, 0.2) is 97.2 Å². The van der Waals surface area contributed by atoms with Crippen LogP contribution in [-0.2, 0) is 28.6 Å². The SMILES string of the molecule is CC/C=C\C/C=C\C/C=C\CCCCCCCCC(=O)OC(COC(=O)CCCCCC/C=C\C/C=C\C/C=C\CC)COC(=O)CCCCCCCCC/C=C\C/C=C\CCCCC. The molecule has 0 fully saturated rings. The predicted octanol–water partition coefficient (Wildman–Crippen LogP) is 17.8. The minimum Gasteiger partial charge on any atom is -0.462 e. The van der Waals surface area contributed by atoms with Crippen LogP contribution >= 0.6 is 0 Å². The maximum atomic E-state index is 12.8. The first-order valence-corrected chi connectivity index (χ1v) is 26.7. The van der Waals surface area contributed by atoms with Crippen molar-refractivity contribution in [1.29, 1.82) is 0 Å². The molecule has 0 aromatic carbocycles. The van der Waals surface area contributed by atoms with Gasteiger partial charge < -0.3 is 14.2 Å². The Morgan fingerprint density at radius 3 is 0.938 bits per heavy atom. The first-order valence-electron chi connectivity index (χ1n) is 26.7. The van der Waals surface area contributed by atoms with Crippen LogP contribution in [0.25, 0.3) is 0 Å². The first kappa shape index (κ1) is 61.3. The van der Waals surface area contributed by atoms with E-state index in [-0.39, 0.29) is 31.1 Å². The molecular formula is C59H98O6. The maximum Gasteiger partial charge on any atom is 0.306 e. The van der Waals surface area contributed by atoms with Crippen molar-refractivity contribution < 1.29 is 28.6 Å². The van der Waals surface area contributed by atoms with Crippen molar-refractivity contribution in [3.8, 4) is 0 Å². The Morgan fingerprint density at radius 2 is 0.600 bits per heavy atom. The zero-order valence-corrected chi connectivity index (χ0v) is 42.2. The topological polar surface area (TPSA) is 78.9 Å². The lowest BCUT2D eigenvalue weighted by Gasteiger charge is -2.18. The summed E-state index contributed by atoms with van der Waals surface area (Å²) in [6, 6.07) is 0. The molecule has 0 bridgehead atoms. The van der Waals surface area contributed by atoms with Crippen molar-refractivity contribution in [2.24, 2.45) is 0 Å². The molecule has 6 heteroatoms. The highest BCUT2D eigenvalue weighted by Gasteiger charge is 2.19. The minimum absolute atomic E-state index is 0.0954. The van der Waals surface area contributed by atoms with E-state index >= 15 is 0 Å². The van der Waals surface area contributed by atoms with E-state index in [1.54, 1.807) is 0 Å². The second-order valence-electron chi connectivity index (χ2n) is 17.4. The molecule has 0 aliphatic carbocycles. The Kier molecular flexibility index (Phi) is 50.0. The standard InChI is InChI=1S/C59H98O6/c1-4-7-10-13-16-19-22-25-28-30-32-34-37-40-43-46-49-52-58(61)64-55-56(54-63-57(60)51-48-45-42-39-36-33-27-24-21-18-15-12-9-6-3)65-59(62)53-50-47-44-41-38-35-31-29-26-23-20-17-14-11-8-5-2/h8-9,11-12,16-21,25-29,33,56H,4-7,10,13-15,22-24,30-32,34-55H2,1-3H3/b11-8-,12-9-,19-16-,20-17-,21-18-,28-25-,29-26-,33-27-. The zero-order chi connectivity index (χ0) is 47.2. The van der Waals surface area contributed by atoms with E-state index < -0.39 is 6.10 Å². The molecule has 0 spiro atoms. The van der Waals surface area contributed by atoms with E-state index in [4.69, 9.17) is 14.2 Å². The molecule has 0 saturated heterocycles. The van der Waals surface area contributed by atoms with Crippen molar-refractivity contribution in [3.63, 3.8) is 0 Å². The van der Waals surface area contributed by atoms with Gasteiger partial charge in [0.25, 0.3) is 0 Å². The average Bonchev–Trinajstić information content (AvgIpc) is 3.30. The lowest BCUT2D eigenvalue weighted by Crippen LogP contribution is -2.30. The number of esters is 3. The van der Waals surface area contributed by atoms with Crippen LogP contribution in [0.4, 0.5) is 0 Å². The zero-order valence-electron chi connectivity index (χ0n) is 42.2. The van der Waals surface area contributed by atoms with Crippen molar-refractivity contribution in [3.05, 3.63) is 97.2 Å². The Labute approximate surface area is 400 Å². The van der Waals surface area contributed by atoms with Gasteiger partial charge in [-0.2, -0.15) is 0 Å². The number of hydrogen-bond acceptors (Lipinski definition) is 6. The van der Waals surface area contributed by atoms with E-state index in [0.29, 0.717) is 19.3 Å². The van der Waals surface area contributed by atoms with Gasteiger partial charge in [0.1, 0.15) is 13.2 Å². The third-order valence-electron chi connectivity index (χ3n) is 11.1. The number of allylic oxidation sites excluding steroid dienone is 16. The molecule has 0 saturated carbocycles. The molecule has 6 nitrogen and oxygen atoms in total. The third kappa shape index (κ3) is 51.2. The highest BCUT2D eigenvalue weighted by molar-refractivity contribution is 5.71. The van der Waals surface area contributed by atoms with Gasteiger partial charge in [-0.05, 0) is 116 Å². The van der Waals surface area contributed by atoms with Crippen molar-refractivity contribution in [2.45, 2.75) is 245 Å². The van der Waals surface area contributed by atoms with Crippen LogP contribution in [0, 0.1) is 0 Å². The number of ether oxygens (including phenoxy) is 3. The van der Waals surface area contributed by atoms with Crippen molar-refractivity contribution in [2.75, 3.05) is 13.2 Å². The maximum absolute atomic E-state index is 12.8. The Bertz CT molecular complexity index is 1310. The molecular weight excluding hydrogens is 805 g/mol. The van der Waals surface area contributed by atoms with Crippen LogP contribution in [0.3, 0.4) is 0 Å². The summed E-state index contributed by atoms with van der Waals surface area (Å²) in [6.45, 7) is 6.35. The summed E-state index contributed by atoms with van der Waals surface area (Å²) in [5, 5.41) is 0. The third-order valence-corrected chi connectivity index (χ3v) is 11.1. The number of unbranched alkanes of at least 4 members (excludes halogenated alkanes) is 20. The highest BCUT2D eigenvalue weighted by Crippen LogP contribution is 2.14. The summed E-state index contributed by atoms with van der Waals surface area (Å²) < 4.78 is 16.8. The molecule has 0 heterocycles. The fourth-order valence-electron chi connectivity index (χ4n) is 7.09. The number of rotatable bonds is 47. The quantitative estimate of drug-likeness (QED) is 0.0262. The molecule has 370 valence electrons. The molecule has 65 heavy (non-hydrogen) atoms. The van der Waals surface area contributed by atoms with Crippen LogP contribution in [0.2, 0.25) is 0 Å². The first-order chi connectivity index (χ1) is 32.0. The predicted molar refractivity (Wildman–Crippen MR) is 279 cm³/mol. The van der Waals surface area contributed by atoms with E-state index in [9.17, 15) is 14.4 Å². The fourth-order valence-corrected chi connectivity index (χ4v) is 7.09. The highest BCUT2D eigenvalue weighted by atomic mass is 16.6. The molecule has 0 aromatic rings. The second-order valence-corrected chi connectivity index (χ2v) is 17.4. The largest absolute Gasteiger partial charge is 0.462 e. The summed E-state index contributed by atoms with van der Waals surface area (Å²) in [7, 11) is 0. The van der Waals surface area contributed by atoms with Crippen LogP contribution in [-0.4, -0.2) is 37.2 Å². The van der Waals surface area contributed by atoms with Crippen molar-refractivity contribution in [1.82, 2.24) is 0 Å². The average molecular weight is 903 g/mol. The number of hydrogen-bond donors (Lipinski definition) is 0. The summed E-state index contributed by atoms with van der Waals surface area (Å²) in [5.74, 6) is -0.940. The van der Waals surface area contributed by atoms with Gasteiger partial charge in [0.15, 0.2) is 6.10 Å². The van der Waals surface area contributed by atoms with Gasteiger partial charge in [0.05, 0.1) is 0 Å². The molecule has 0 radical (unpaired) electrons. The van der Waals surface area contributed by atoms with Gasteiger partial charge in [-0.15, -0.1) is 0 Å². The summed E-state index contributed by atoms with van der Waals surface area (Å²) >= 11 is 0. The van der Waals surface area contributed by atoms with Gasteiger partial charge in [-0.3, -0.25) is 14.4 Å². The Balaban J connectivity index is 4.46. The number of carbonyl (C=O) groups excluding carboxylic acids is 3. The Hall–Kier alpha value is -3.67. The molecule has 0 aliphatic rings. The van der Waals surface area contributed by atoms with Crippen molar-refractivity contribution >= 4 is 17.9 Å². The van der Waals surface area contributed by atoms with Gasteiger partial charge in [0, 0.05) is 19.3 Å². The van der Waals surface area contributed by atoms with E-state index in [0.717, 1.165) is 135 Å². The van der Waals surface area contributed by atoms with Crippen LogP contribution < -0.4 is 0 Å². The molecule has 0 aromatic heterocycles. The molecule has 1 unspecified atom stereocenters. The minimum atomic E-state index is -0.798. The Morgan fingerprint density at radius 1 is 0.323 bits per heavy atom. The molecule has 0 rings (SSSR count). The van der Waals surface area contributed by atoms with Gasteiger partial charge in [-0.1, -0.05) is 201 Å². The van der Waals surface area contributed by atoms with Crippen LogP contribution in [0.1, 0.15) is 239 Å². The normalized spacial score (nSPS) is 12.8. The molecule has 1 atom stereocenters. The smallest absolute Gasteiger partial charge is 0.306 e. The lowest BCUT2D eigenvalue weighted by molar-refractivity contribution is -0.167. The molecule has 0 amide bonds. The van der Waals surface area contributed by atoms with Gasteiger partial charge >= 0.3 is 17.9 Å². The lowest BCUT2D eigenvalue weighted by atomic mass is 10.1. The second kappa shape index (κ2) is 52.9. The molecule has 0 N–H and O–H groups in total. The summed E-state index contributed by atoms with van der Waals surface area (Å²) in [4.78, 5) is 38.1. The number of carbonyl (C=O) groups is 3. The van der Waals surface area contributed by atoms with Gasteiger partial charge in [0.2, 0.25) is 0 Å². The van der Waals surface area contributed by atoms with Crippen LogP contribution in [0.5, 0.6) is 0 Å². The summed E-state index contributed by atoms with van der Waals surface area (Å²) in [5.41, 5.74) is 0. The monoisotopic (exact) mass is 903 g/mol. The van der Waals surface area contributed by atoms with E-state index in [2.05, 4.69) is 118 Å².